The van der Waals surface area contributed by atoms with Gasteiger partial charge in [0.1, 0.15) is 6.23 Å². The van der Waals surface area contributed by atoms with Gasteiger partial charge in [-0.05, 0) is 41.2 Å². The van der Waals surface area contributed by atoms with Crippen molar-refractivity contribution in [2.75, 3.05) is 60.1 Å². The van der Waals surface area contributed by atoms with Crippen molar-refractivity contribution in [1.82, 2.24) is 0 Å². The van der Waals surface area contributed by atoms with Crippen LogP contribution in [0.2, 0.25) is 12.6 Å². The lowest BCUT2D eigenvalue weighted by atomic mass is 10.9. The van der Waals surface area contributed by atoms with Gasteiger partial charge in [0.15, 0.2) is 0 Å². The lowest BCUT2D eigenvalue weighted by Crippen LogP contribution is -2.50. The largest absolute Gasteiger partial charge is 0.528 e. The molecule has 9 heteroatoms. The molecular weight excluding hydrogens is 360 g/mol. The zero-order chi connectivity index (χ0) is 19.6. The molecule has 0 unspecified atom stereocenters. The van der Waals surface area contributed by atoms with Crippen LogP contribution in [-0.2, 0) is 31.6 Å². The first-order valence-electron chi connectivity index (χ1n) is 9.10. The van der Waals surface area contributed by atoms with E-state index in [9.17, 15) is 0 Å². The van der Waals surface area contributed by atoms with Crippen LogP contribution in [0.25, 0.3) is 0 Å². The Hall–Kier alpha value is 0.154. The van der Waals surface area contributed by atoms with Crippen LogP contribution < -0.4 is 0 Å². The van der Waals surface area contributed by atoms with Gasteiger partial charge in [0.25, 0.3) is 0 Å². The average Bonchev–Trinajstić information content (AvgIpc) is 2.55. The highest BCUT2D eigenvalue weighted by Gasteiger charge is 2.40. The van der Waals surface area contributed by atoms with Gasteiger partial charge in [0.05, 0.1) is 0 Å². The first-order chi connectivity index (χ1) is 11.9. The molecule has 0 rings (SSSR count). The second kappa shape index (κ2) is 17.6. The molecule has 0 aromatic heterocycles. The van der Waals surface area contributed by atoms with Crippen LogP contribution in [0.5, 0.6) is 0 Å². The summed E-state index contributed by atoms with van der Waals surface area (Å²) in [5, 5.41) is 0. The Bertz CT molecular complexity index is 248. The van der Waals surface area contributed by atoms with E-state index in [1.807, 2.05) is 34.6 Å². The SMILES string of the molecule is CCO[Si](C)(CCOC)OCC.CCO[Si](COC)(OCC)OCC. The molecule has 0 aliphatic carbocycles. The molecule has 0 aliphatic heterocycles. The van der Waals surface area contributed by atoms with Crippen LogP contribution in [0, 0.1) is 0 Å². The van der Waals surface area contributed by atoms with Crippen molar-refractivity contribution in [1.29, 1.82) is 0 Å². The lowest BCUT2D eigenvalue weighted by molar-refractivity contribution is 0.0412. The summed E-state index contributed by atoms with van der Waals surface area (Å²) in [5.41, 5.74) is 0. The van der Waals surface area contributed by atoms with Crippen molar-refractivity contribution in [2.45, 2.75) is 47.2 Å². The van der Waals surface area contributed by atoms with Crippen molar-refractivity contribution in [2.24, 2.45) is 0 Å². The van der Waals surface area contributed by atoms with Gasteiger partial charge >= 0.3 is 17.4 Å². The van der Waals surface area contributed by atoms with E-state index in [0.717, 1.165) is 25.9 Å². The summed E-state index contributed by atoms with van der Waals surface area (Å²) < 4.78 is 37.8. The molecule has 154 valence electrons. The quantitative estimate of drug-likeness (QED) is 0.392. The highest BCUT2D eigenvalue weighted by Crippen LogP contribution is 2.13. The van der Waals surface area contributed by atoms with Crippen LogP contribution >= 0.6 is 0 Å². The predicted molar refractivity (Wildman–Crippen MR) is 104 cm³/mol. The van der Waals surface area contributed by atoms with Crippen molar-refractivity contribution < 1.29 is 31.6 Å². The highest BCUT2D eigenvalue weighted by molar-refractivity contribution is 6.66. The molecule has 0 N–H and O–H groups in total. The fraction of sp³-hybridized carbons (Fsp3) is 1.00. The van der Waals surface area contributed by atoms with Crippen molar-refractivity contribution in [3.8, 4) is 0 Å². The second-order valence-electron chi connectivity index (χ2n) is 5.16. The van der Waals surface area contributed by atoms with E-state index < -0.39 is 17.4 Å². The summed E-state index contributed by atoms with van der Waals surface area (Å²) in [6.07, 6.45) is 0.419. The molecule has 0 saturated carbocycles. The fourth-order valence-electron chi connectivity index (χ4n) is 2.17. The summed E-state index contributed by atoms with van der Waals surface area (Å²) in [5.74, 6) is 0. The number of hydrogen-bond acceptors (Lipinski definition) is 7. The number of ether oxygens (including phenoxy) is 2. The minimum atomic E-state index is -2.52. The molecule has 0 spiro atoms. The highest BCUT2D eigenvalue weighted by atomic mass is 28.4. The Morgan fingerprint density at radius 3 is 1.28 bits per heavy atom. The Morgan fingerprint density at radius 2 is 1.00 bits per heavy atom. The van der Waals surface area contributed by atoms with Crippen LogP contribution in [-0.4, -0.2) is 77.5 Å². The summed E-state index contributed by atoms with van der Waals surface area (Å²) in [4.78, 5) is 0. The molecule has 0 fully saturated rings. The fourth-order valence-corrected chi connectivity index (χ4v) is 6.51. The third-order valence-corrected chi connectivity index (χ3v) is 8.81. The third-order valence-electron chi connectivity index (χ3n) is 3.07. The first-order valence-corrected chi connectivity index (χ1v) is 13.6. The van der Waals surface area contributed by atoms with E-state index in [-0.39, 0.29) is 0 Å². The first kappa shape index (κ1) is 27.4. The van der Waals surface area contributed by atoms with Gasteiger partial charge in [-0.2, -0.15) is 0 Å². The van der Waals surface area contributed by atoms with Gasteiger partial charge in [-0.1, -0.05) is 0 Å². The van der Waals surface area contributed by atoms with Crippen molar-refractivity contribution >= 4 is 17.4 Å². The van der Waals surface area contributed by atoms with Crippen LogP contribution in [0.4, 0.5) is 0 Å². The molecule has 0 atom stereocenters. The smallest absolute Gasteiger partial charge is 0.395 e. The molecule has 0 saturated heterocycles. The third kappa shape index (κ3) is 13.9. The molecule has 0 radical (unpaired) electrons. The summed E-state index contributed by atoms with van der Waals surface area (Å²) in [7, 11) is -1.09. The van der Waals surface area contributed by atoms with Gasteiger partial charge < -0.3 is 31.6 Å². The molecule has 0 amide bonds. The Morgan fingerprint density at radius 1 is 0.600 bits per heavy atom. The van der Waals surface area contributed by atoms with Gasteiger partial charge in [-0.3, -0.25) is 0 Å². The molecule has 0 bridgehead atoms. The number of methoxy groups -OCH3 is 2. The van der Waals surface area contributed by atoms with Crippen LogP contribution in [0.3, 0.4) is 0 Å². The normalized spacial score (nSPS) is 12.0. The second-order valence-corrected chi connectivity index (χ2v) is 11.0. The van der Waals surface area contributed by atoms with E-state index in [2.05, 4.69) is 6.55 Å². The van der Waals surface area contributed by atoms with E-state index in [1.165, 1.54) is 0 Å². The monoisotopic (exact) mass is 400 g/mol. The number of hydrogen-bond donors (Lipinski definition) is 0. The zero-order valence-corrected chi connectivity index (χ0v) is 19.5. The Kier molecular flexibility index (Phi) is 19.2. The zero-order valence-electron chi connectivity index (χ0n) is 17.5. The number of rotatable bonds is 15. The predicted octanol–water partition coefficient (Wildman–Crippen LogP) is 3.00. The van der Waals surface area contributed by atoms with Gasteiger partial charge in [0, 0.05) is 59.9 Å². The van der Waals surface area contributed by atoms with E-state index >= 15 is 0 Å². The standard InChI is InChI=1S/C8H20O4Si.C8H20O3Si/c1-5-10-13(8-9-4,11-6-2)12-7-3;1-5-10-12(4,11-6-2)8-7-9-3/h5-8H2,1-4H3;5-8H2,1-4H3. The summed E-state index contributed by atoms with van der Waals surface area (Å²) in [6.45, 7) is 15.8. The average molecular weight is 401 g/mol. The van der Waals surface area contributed by atoms with E-state index in [0.29, 0.717) is 26.1 Å². The maximum Gasteiger partial charge on any atom is 0.528 e. The molecular formula is C16H40O7Si2. The molecule has 0 aromatic carbocycles. The maximum absolute atomic E-state index is 5.61. The van der Waals surface area contributed by atoms with Crippen LogP contribution in [0.15, 0.2) is 0 Å². The maximum atomic E-state index is 5.61. The molecule has 7 nitrogen and oxygen atoms in total. The van der Waals surface area contributed by atoms with Crippen molar-refractivity contribution in [3.63, 3.8) is 0 Å². The van der Waals surface area contributed by atoms with Gasteiger partial charge in [0.2, 0.25) is 0 Å². The summed E-state index contributed by atoms with van der Waals surface area (Å²) >= 11 is 0. The minimum absolute atomic E-state index is 0.419. The van der Waals surface area contributed by atoms with E-state index in [1.54, 1.807) is 14.2 Å². The summed E-state index contributed by atoms with van der Waals surface area (Å²) in [6, 6.07) is 0.908. The van der Waals surface area contributed by atoms with Gasteiger partial charge in [-0.15, -0.1) is 0 Å². The molecule has 0 aliphatic rings. The minimum Gasteiger partial charge on any atom is -0.395 e. The Balaban J connectivity index is 0. The topological polar surface area (TPSA) is 64.6 Å². The lowest BCUT2D eigenvalue weighted by Gasteiger charge is -2.27. The van der Waals surface area contributed by atoms with Gasteiger partial charge in [-0.25, -0.2) is 0 Å². The molecule has 0 aromatic rings. The van der Waals surface area contributed by atoms with Crippen molar-refractivity contribution in [3.05, 3.63) is 0 Å². The Labute approximate surface area is 156 Å². The van der Waals surface area contributed by atoms with E-state index in [4.69, 9.17) is 31.6 Å². The molecule has 25 heavy (non-hydrogen) atoms. The molecule has 0 heterocycles. The van der Waals surface area contributed by atoms with Crippen LogP contribution in [0.1, 0.15) is 34.6 Å².